The summed E-state index contributed by atoms with van der Waals surface area (Å²) < 4.78 is 13.3. The SMILES string of the molecule is Cl.Fc1ccccc1CCNCc1cccnc1. The number of benzene rings is 1. The molecule has 4 heteroatoms. The minimum Gasteiger partial charge on any atom is -0.312 e. The Hall–Kier alpha value is -1.45. The van der Waals surface area contributed by atoms with Crippen LogP contribution in [0, 0.1) is 5.82 Å². The van der Waals surface area contributed by atoms with E-state index < -0.39 is 0 Å². The van der Waals surface area contributed by atoms with E-state index in [-0.39, 0.29) is 18.2 Å². The third-order valence-electron chi connectivity index (χ3n) is 2.58. The maximum Gasteiger partial charge on any atom is 0.126 e. The Kier molecular flexibility index (Phi) is 6.33. The third kappa shape index (κ3) is 4.43. The number of hydrogen-bond donors (Lipinski definition) is 1. The van der Waals surface area contributed by atoms with Crippen molar-refractivity contribution in [2.24, 2.45) is 0 Å². The van der Waals surface area contributed by atoms with Gasteiger partial charge < -0.3 is 5.32 Å². The van der Waals surface area contributed by atoms with Crippen molar-refractivity contribution >= 4 is 12.4 Å². The third-order valence-corrected chi connectivity index (χ3v) is 2.58. The van der Waals surface area contributed by atoms with E-state index in [0.29, 0.717) is 6.42 Å². The summed E-state index contributed by atoms with van der Waals surface area (Å²) in [6, 6.07) is 10.8. The number of pyridine rings is 1. The number of halogens is 2. The maximum atomic E-state index is 13.3. The largest absolute Gasteiger partial charge is 0.312 e. The van der Waals surface area contributed by atoms with Crippen LogP contribution in [0.15, 0.2) is 48.8 Å². The standard InChI is InChI=1S/C14H15FN2.ClH/c15-14-6-2-1-5-13(14)7-9-17-11-12-4-3-8-16-10-12;/h1-6,8,10,17H,7,9,11H2;1H. The van der Waals surface area contributed by atoms with Gasteiger partial charge in [-0.3, -0.25) is 4.98 Å². The van der Waals surface area contributed by atoms with Gasteiger partial charge in [-0.1, -0.05) is 24.3 Å². The summed E-state index contributed by atoms with van der Waals surface area (Å²) in [5, 5.41) is 3.27. The van der Waals surface area contributed by atoms with Gasteiger partial charge in [-0.05, 0) is 36.2 Å². The van der Waals surface area contributed by atoms with Crippen LogP contribution in [0.5, 0.6) is 0 Å². The van der Waals surface area contributed by atoms with Crippen LogP contribution in [-0.4, -0.2) is 11.5 Å². The normalized spacial score (nSPS) is 9.83. The van der Waals surface area contributed by atoms with Gasteiger partial charge in [0, 0.05) is 18.9 Å². The van der Waals surface area contributed by atoms with E-state index >= 15 is 0 Å². The van der Waals surface area contributed by atoms with Crippen LogP contribution in [0.3, 0.4) is 0 Å². The van der Waals surface area contributed by atoms with Gasteiger partial charge in [0.2, 0.25) is 0 Å². The molecule has 1 N–H and O–H groups in total. The van der Waals surface area contributed by atoms with Crippen LogP contribution in [-0.2, 0) is 13.0 Å². The lowest BCUT2D eigenvalue weighted by Crippen LogP contribution is -2.17. The van der Waals surface area contributed by atoms with Gasteiger partial charge in [0.1, 0.15) is 5.82 Å². The van der Waals surface area contributed by atoms with Crippen molar-refractivity contribution in [2.45, 2.75) is 13.0 Å². The topological polar surface area (TPSA) is 24.9 Å². The van der Waals surface area contributed by atoms with Crippen molar-refractivity contribution in [3.05, 3.63) is 65.7 Å². The fourth-order valence-electron chi connectivity index (χ4n) is 1.66. The van der Waals surface area contributed by atoms with Crippen LogP contribution in [0.25, 0.3) is 0 Å². The highest BCUT2D eigenvalue weighted by Gasteiger charge is 1.99. The zero-order chi connectivity index (χ0) is 11.9. The summed E-state index contributed by atoms with van der Waals surface area (Å²) >= 11 is 0. The molecule has 2 nitrogen and oxygen atoms in total. The lowest BCUT2D eigenvalue weighted by molar-refractivity contribution is 0.597. The summed E-state index contributed by atoms with van der Waals surface area (Å²) in [7, 11) is 0. The highest BCUT2D eigenvalue weighted by Crippen LogP contribution is 2.06. The number of rotatable bonds is 5. The van der Waals surface area contributed by atoms with E-state index in [1.165, 1.54) is 6.07 Å². The number of aromatic nitrogens is 1. The average Bonchev–Trinajstić information content (AvgIpc) is 2.38. The summed E-state index contributed by atoms with van der Waals surface area (Å²) in [4.78, 5) is 4.04. The minimum atomic E-state index is -0.129. The second-order valence-corrected chi connectivity index (χ2v) is 3.88. The summed E-state index contributed by atoms with van der Waals surface area (Å²) in [5.41, 5.74) is 1.90. The van der Waals surface area contributed by atoms with Gasteiger partial charge in [-0.2, -0.15) is 0 Å². The van der Waals surface area contributed by atoms with Gasteiger partial charge in [0.25, 0.3) is 0 Å². The second-order valence-electron chi connectivity index (χ2n) is 3.88. The van der Waals surface area contributed by atoms with Crippen molar-refractivity contribution in [3.63, 3.8) is 0 Å². The fraction of sp³-hybridized carbons (Fsp3) is 0.214. The van der Waals surface area contributed by atoms with Gasteiger partial charge in [-0.25, -0.2) is 4.39 Å². The molecular formula is C14H16ClFN2. The molecule has 0 atom stereocenters. The monoisotopic (exact) mass is 266 g/mol. The van der Waals surface area contributed by atoms with Crippen LogP contribution >= 0.6 is 12.4 Å². The highest BCUT2D eigenvalue weighted by molar-refractivity contribution is 5.85. The molecule has 0 unspecified atom stereocenters. The molecule has 0 aliphatic heterocycles. The summed E-state index contributed by atoms with van der Waals surface area (Å²) in [5.74, 6) is -0.129. The fourth-order valence-corrected chi connectivity index (χ4v) is 1.66. The first kappa shape index (κ1) is 14.6. The van der Waals surface area contributed by atoms with Gasteiger partial charge in [0.05, 0.1) is 0 Å². The zero-order valence-electron chi connectivity index (χ0n) is 9.97. The zero-order valence-corrected chi connectivity index (χ0v) is 10.8. The molecule has 0 aliphatic rings. The maximum absolute atomic E-state index is 13.3. The molecule has 0 aliphatic carbocycles. The van der Waals surface area contributed by atoms with Crippen molar-refractivity contribution in [1.29, 1.82) is 0 Å². The quantitative estimate of drug-likeness (QED) is 0.842. The van der Waals surface area contributed by atoms with E-state index in [0.717, 1.165) is 24.2 Å². The molecule has 2 rings (SSSR count). The Labute approximate surface area is 113 Å². The Morgan fingerprint density at radius 3 is 2.67 bits per heavy atom. The lowest BCUT2D eigenvalue weighted by atomic mass is 10.1. The number of hydrogen-bond acceptors (Lipinski definition) is 2. The molecule has 0 saturated heterocycles. The Morgan fingerprint density at radius 2 is 1.94 bits per heavy atom. The molecule has 1 heterocycles. The minimum absolute atomic E-state index is 0. The molecular weight excluding hydrogens is 251 g/mol. The lowest BCUT2D eigenvalue weighted by Gasteiger charge is -2.05. The molecule has 0 radical (unpaired) electrons. The molecule has 1 aromatic heterocycles. The van der Waals surface area contributed by atoms with Crippen LogP contribution < -0.4 is 5.32 Å². The van der Waals surface area contributed by atoms with E-state index in [4.69, 9.17) is 0 Å². The predicted octanol–water partition coefficient (Wildman–Crippen LogP) is 2.97. The predicted molar refractivity (Wildman–Crippen MR) is 73.3 cm³/mol. The van der Waals surface area contributed by atoms with Crippen molar-refractivity contribution in [3.8, 4) is 0 Å². The van der Waals surface area contributed by atoms with Crippen molar-refractivity contribution in [1.82, 2.24) is 10.3 Å². The smallest absolute Gasteiger partial charge is 0.126 e. The molecule has 0 amide bonds. The Balaban J connectivity index is 0.00000162. The molecule has 0 bridgehead atoms. The first-order valence-electron chi connectivity index (χ1n) is 5.69. The van der Waals surface area contributed by atoms with Crippen LogP contribution in [0.2, 0.25) is 0 Å². The van der Waals surface area contributed by atoms with Crippen LogP contribution in [0.1, 0.15) is 11.1 Å². The van der Waals surface area contributed by atoms with Crippen molar-refractivity contribution in [2.75, 3.05) is 6.54 Å². The molecule has 0 fully saturated rings. The van der Waals surface area contributed by atoms with E-state index in [2.05, 4.69) is 10.3 Å². The van der Waals surface area contributed by atoms with E-state index in [1.807, 2.05) is 30.5 Å². The highest BCUT2D eigenvalue weighted by atomic mass is 35.5. The Bertz CT molecular complexity index is 462. The van der Waals surface area contributed by atoms with Gasteiger partial charge in [0.15, 0.2) is 0 Å². The second kappa shape index (κ2) is 7.80. The first-order chi connectivity index (χ1) is 8.36. The molecule has 96 valence electrons. The Morgan fingerprint density at radius 1 is 1.11 bits per heavy atom. The van der Waals surface area contributed by atoms with Crippen molar-refractivity contribution < 1.29 is 4.39 Å². The summed E-state index contributed by atoms with van der Waals surface area (Å²) in [6.07, 6.45) is 4.28. The van der Waals surface area contributed by atoms with Crippen LogP contribution in [0.4, 0.5) is 4.39 Å². The molecule has 2 aromatic rings. The summed E-state index contributed by atoms with van der Waals surface area (Å²) in [6.45, 7) is 1.53. The van der Waals surface area contributed by atoms with Gasteiger partial charge >= 0.3 is 0 Å². The van der Waals surface area contributed by atoms with Gasteiger partial charge in [-0.15, -0.1) is 12.4 Å². The molecule has 0 saturated carbocycles. The molecule has 0 spiro atoms. The average molecular weight is 267 g/mol. The molecule has 18 heavy (non-hydrogen) atoms. The van der Waals surface area contributed by atoms with E-state index in [9.17, 15) is 4.39 Å². The van der Waals surface area contributed by atoms with E-state index in [1.54, 1.807) is 12.3 Å². The number of nitrogens with one attached hydrogen (secondary N) is 1. The number of nitrogens with zero attached hydrogens (tertiary/aromatic N) is 1. The molecule has 1 aromatic carbocycles. The first-order valence-corrected chi connectivity index (χ1v) is 5.69.